The van der Waals surface area contributed by atoms with Crippen LogP contribution in [0.3, 0.4) is 0 Å². The van der Waals surface area contributed by atoms with Gasteiger partial charge in [0.1, 0.15) is 18.5 Å². The van der Waals surface area contributed by atoms with Crippen molar-refractivity contribution in [1.82, 2.24) is 9.38 Å². The molecule has 3 rings (SSSR count). The Morgan fingerprint density at radius 3 is 2.77 bits per heavy atom. The number of aromatic nitrogens is 2. The number of imidazole rings is 1. The number of carbonyl (C=O) groups excluding carboxylic acids is 1. The molecule has 5 nitrogen and oxygen atoms in total. The first-order chi connectivity index (χ1) is 12.3. The van der Waals surface area contributed by atoms with Gasteiger partial charge >= 0.3 is 6.18 Å². The molecule has 0 bridgehead atoms. The van der Waals surface area contributed by atoms with Crippen LogP contribution >= 0.6 is 11.6 Å². The Bertz CT molecular complexity index is 997. The molecule has 0 unspecified atom stereocenters. The van der Waals surface area contributed by atoms with Crippen molar-refractivity contribution in [2.24, 2.45) is 0 Å². The molecule has 0 atom stereocenters. The average molecular weight is 381 g/mol. The largest absolute Gasteiger partial charge is 0.405 e. The van der Waals surface area contributed by atoms with Crippen molar-refractivity contribution in [1.29, 1.82) is 5.41 Å². The summed E-state index contributed by atoms with van der Waals surface area (Å²) < 4.78 is 39.3. The predicted octanol–water partition coefficient (Wildman–Crippen LogP) is 4.19. The van der Waals surface area contributed by atoms with Crippen molar-refractivity contribution < 1.29 is 18.0 Å². The normalized spacial score (nSPS) is 11.5. The number of pyridine rings is 1. The lowest BCUT2D eigenvalue weighted by Crippen LogP contribution is -2.22. The van der Waals surface area contributed by atoms with Crippen LogP contribution in [-0.2, 0) is 0 Å². The van der Waals surface area contributed by atoms with E-state index in [9.17, 15) is 18.0 Å². The topological polar surface area (TPSA) is 70.2 Å². The zero-order chi connectivity index (χ0) is 18.9. The monoisotopic (exact) mass is 380 g/mol. The Morgan fingerprint density at radius 1 is 1.31 bits per heavy atom. The maximum Gasteiger partial charge on any atom is 0.405 e. The standard InChI is InChI=1S/C17H12ClF3N4O/c18-11-2-4-15-23-6-14(25(15)7-11)16(22)12-3-1-10(8-26)5-13(12)24-9-17(19,20)21/h1-8,22,24H,9H2. The summed E-state index contributed by atoms with van der Waals surface area (Å²) in [7, 11) is 0. The SMILES string of the molecule is N=C(c1ccc(C=O)cc1NCC(F)(F)F)c1cnc2ccc(Cl)cn12. The number of nitrogens with zero attached hydrogens (tertiary/aromatic N) is 2. The van der Waals surface area contributed by atoms with Gasteiger partial charge in [0.05, 0.1) is 22.6 Å². The molecular weight excluding hydrogens is 369 g/mol. The van der Waals surface area contributed by atoms with Crippen molar-refractivity contribution in [2.45, 2.75) is 6.18 Å². The fraction of sp³-hybridized carbons (Fsp3) is 0.118. The van der Waals surface area contributed by atoms with Crippen LogP contribution in [0, 0.1) is 5.41 Å². The van der Waals surface area contributed by atoms with Crippen LogP contribution in [-0.4, -0.2) is 34.1 Å². The Balaban J connectivity index is 2.05. The van der Waals surface area contributed by atoms with E-state index in [1.807, 2.05) is 0 Å². The number of nitrogens with one attached hydrogen (secondary N) is 2. The number of hydrogen-bond acceptors (Lipinski definition) is 4. The number of hydrogen-bond donors (Lipinski definition) is 2. The number of alkyl halides is 3. The third kappa shape index (κ3) is 3.70. The van der Waals surface area contributed by atoms with E-state index in [1.165, 1.54) is 24.4 Å². The van der Waals surface area contributed by atoms with E-state index in [4.69, 9.17) is 17.0 Å². The molecular formula is C17H12ClF3N4O. The molecule has 2 N–H and O–H groups in total. The molecule has 9 heteroatoms. The predicted molar refractivity (Wildman–Crippen MR) is 92.5 cm³/mol. The minimum absolute atomic E-state index is 0.0360. The molecule has 0 saturated carbocycles. The van der Waals surface area contributed by atoms with Crippen LogP contribution in [0.2, 0.25) is 5.02 Å². The van der Waals surface area contributed by atoms with Crippen molar-refractivity contribution in [3.8, 4) is 0 Å². The van der Waals surface area contributed by atoms with Gasteiger partial charge in [-0.15, -0.1) is 0 Å². The molecule has 0 aliphatic carbocycles. The van der Waals surface area contributed by atoms with Crippen molar-refractivity contribution in [3.05, 3.63) is 64.6 Å². The van der Waals surface area contributed by atoms with Crippen LogP contribution < -0.4 is 5.32 Å². The van der Waals surface area contributed by atoms with Crippen molar-refractivity contribution in [2.75, 3.05) is 11.9 Å². The van der Waals surface area contributed by atoms with E-state index in [0.29, 0.717) is 22.6 Å². The summed E-state index contributed by atoms with van der Waals surface area (Å²) in [4.78, 5) is 15.1. The van der Waals surface area contributed by atoms with Gasteiger partial charge in [-0.3, -0.25) is 14.6 Å². The van der Waals surface area contributed by atoms with Gasteiger partial charge in [0.15, 0.2) is 0 Å². The number of carbonyl (C=O) groups is 1. The van der Waals surface area contributed by atoms with Gasteiger partial charge < -0.3 is 5.32 Å². The minimum Gasteiger partial charge on any atom is -0.376 e. The van der Waals surface area contributed by atoms with E-state index < -0.39 is 12.7 Å². The maximum atomic E-state index is 12.6. The maximum absolute atomic E-state index is 12.6. The highest BCUT2D eigenvalue weighted by molar-refractivity contribution is 6.30. The summed E-state index contributed by atoms with van der Waals surface area (Å²) in [5.74, 6) is 0. The van der Waals surface area contributed by atoms with Crippen LogP contribution in [0.5, 0.6) is 0 Å². The highest BCUT2D eigenvalue weighted by Crippen LogP contribution is 2.24. The van der Waals surface area contributed by atoms with E-state index in [2.05, 4.69) is 10.3 Å². The highest BCUT2D eigenvalue weighted by Gasteiger charge is 2.27. The van der Waals surface area contributed by atoms with Crippen LogP contribution in [0.4, 0.5) is 18.9 Å². The second-order valence-electron chi connectivity index (χ2n) is 5.49. The Morgan fingerprint density at radius 2 is 2.08 bits per heavy atom. The summed E-state index contributed by atoms with van der Waals surface area (Å²) in [6, 6.07) is 7.45. The summed E-state index contributed by atoms with van der Waals surface area (Å²) in [6.07, 6.45) is -0.904. The summed E-state index contributed by atoms with van der Waals surface area (Å²) >= 11 is 5.97. The average Bonchev–Trinajstić information content (AvgIpc) is 3.01. The molecule has 0 amide bonds. The number of anilines is 1. The van der Waals surface area contributed by atoms with E-state index >= 15 is 0 Å². The zero-order valence-electron chi connectivity index (χ0n) is 13.1. The third-order valence-electron chi connectivity index (χ3n) is 3.65. The molecule has 0 aliphatic rings. The van der Waals surface area contributed by atoms with Crippen LogP contribution in [0.1, 0.15) is 21.6 Å². The van der Waals surface area contributed by atoms with Crippen LogP contribution in [0.25, 0.3) is 5.65 Å². The van der Waals surface area contributed by atoms with Gasteiger partial charge in [-0.2, -0.15) is 13.2 Å². The van der Waals surface area contributed by atoms with E-state index in [0.717, 1.165) is 0 Å². The first kappa shape index (κ1) is 17.9. The van der Waals surface area contributed by atoms with Gasteiger partial charge in [0.2, 0.25) is 0 Å². The van der Waals surface area contributed by atoms with Crippen molar-refractivity contribution >= 4 is 34.9 Å². The summed E-state index contributed by atoms with van der Waals surface area (Å²) in [5.41, 5.74) is 1.30. The molecule has 2 aromatic heterocycles. The lowest BCUT2D eigenvalue weighted by Gasteiger charge is -2.15. The van der Waals surface area contributed by atoms with Gasteiger partial charge in [-0.1, -0.05) is 17.7 Å². The fourth-order valence-electron chi connectivity index (χ4n) is 2.47. The fourth-order valence-corrected chi connectivity index (χ4v) is 2.63. The van der Waals surface area contributed by atoms with Crippen LogP contribution in [0.15, 0.2) is 42.7 Å². The number of halogens is 4. The zero-order valence-corrected chi connectivity index (χ0v) is 13.9. The molecule has 0 aliphatic heterocycles. The highest BCUT2D eigenvalue weighted by atomic mass is 35.5. The smallest absolute Gasteiger partial charge is 0.376 e. The summed E-state index contributed by atoms with van der Waals surface area (Å²) in [5, 5.41) is 11.1. The second kappa shape index (κ2) is 6.80. The van der Waals surface area contributed by atoms with E-state index in [-0.39, 0.29) is 22.5 Å². The molecule has 0 radical (unpaired) electrons. The molecule has 2 heterocycles. The Hall–Kier alpha value is -2.87. The molecule has 134 valence electrons. The number of rotatable bonds is 5. The first-order valence-corrected chi connectivity index (χ1v) is 7.78. The van der Waals surface area contributed by atoms with E-state index in [1.54, 1.807) is 22.7 Å². The minimum atomic E-state index is -4.44. The molecule has 0 fully saturated rings. The summed E-state index contributed by atoms with van der Waals surface area (Å²) in [6.45, 7) is -1.28. The molecule has 3 aromatic rings. The molecule has 1 aromatic carbocycles. The molecule has 0 saturated heterocycles. The second-order valence-corrected chi connectivity index (χ2v) is 5.92. The number of fused-ring (bicyclic) bond motifs is 1. The Kier molecular flexibility index (Phi) is 4.69. The molecule has 0 spiro atoms. The number of benzene rings is 1. The quantitative estimate of drug-likeness (QED) is 0.515. The third-order valence-corrected chi connectivity index (χ3v) is 3.88. The van der Waals surface area contributed by atoms with Gasteiger partial charge in [0.25, 0.3) is 0 Å². The number of aldehydes is 1. The lowest BCUT2D eigenvalue weighted by molar-refractivity contribution is -0.115. The van der Waals surface area contributed by atoms with Gasteiger partial charge in [-0.25, -0.2) is 4.98 Å². The van der Waals surface area contributed by atoms with Gasteiger partial charge in [-0.05, 0) is 24.3 Å². The molecule has 26 heavy (non-hydrogen) atoms. The van der Waals surface area contributed by atoms with Crippen molar-refractivity contribution in [3.63, 3.8) is 0 Å². The lowest BCUT2D eigenvalue weighted by atomic mass is 10.0. The van der Waals surface area contributed by atoms with Gasteiger partial charge in [0, 0.05) is 23.0 Å². The Labute approximate surface area is 150 Å². The first-order valence-electron chi connectivity index (χ1n) is 7.40.